The number of pyridine rings is 1. The van der Waals surface area contributed by atoms with Crippen molar-refractivity contribution in [2.45, 2.75) is 44.8 Å². The zero-order valence-electron chi connectivity index (χ0n) is 16.9. The van der Waals surface area contributed by atoms with E-state index in [4.69, 9.17) is 15.5 Å². The van der Waals surface area contributed by atoms with Crippen molar-refractivity contribution < 1.29 is 13.9 Å². The largest absolute Gasteiger partial charge is 0.368 e. The van der Waals surface area contributed by atoms with Crippen molar-refractivity contribution in [1.29, 1.82) is 0 Å². The van der Waals surface area contributed by atoms with Crippen LogP contribution >= 0.6 is 0 Å². The van der Waals surface area contributed by atoms with E-state index in [2.05, 4.69) is 4.90 Å². The quantitative estimate of drug-likeness (QED) is 0.854. The number of anilines is 1. The van der Waals surface area contributed by atoms with Crippen LogP contribution in [0.3, 0.4) is 0 Å². The number of rotatable bonds is 4. The van der Waals surface area contributed by atoms with Crippen molar-refractivity contribution in [3.05, 3.63) is 35.6 Å². The van der Waals surface area contributed by atoms with E-state index in [9.17, 15) is 9.18 Å². The van der Waals surface area contributed by atoms with Gasteiger partial charge >= 0.3 is 0 Å². The molecule has 7 heteroatoms. The summed E-state index contributed by atoms with van der Waals surface area (Å²) in [6.45, 7) is 4.88. The molecule has 2 fully saturated rings. The number of nitrogens with zero attached hydrogens (tertiary/aromatic N) is 3. The summed E-state index contributed by atoms with van der Waals surface area (Å²) in [5.74, 6) is 0.682. The molecule has 1 saturated carbocycles. The van der Waals surface area contributed by atoms with E-state index in [-0.39, 0.29) is 30.5 Å². The van der Waals surface area contributed by atoms with Gasteiger partial charge in [-0.1, -0.05) is 0 Å². The molecule has 2 N–H and O–H groups in total. The highest BCUT2D eigenvalue weighted by molar-refractivity contribution is 5.84. The smallest absolute Gasteiger partial charge is 0.248 e. The molecule has 0 bridgehead atoms. The molecule has 1 aliphatic carbocycles. The van der Waals surface area contributed by atoms with Crippen LogP contribution in [0.25, 0.3) is 10.9 Å². The van der Waals surface area contributed by atoms with E-state index in [1.165, 1.54) is 12.1 Å². The molecule has 4 rings (SSSR count). The van der Waals surface area contributed by atoms with Crippen molar-refractivity contribution in [1.82, 2.24) is 9.88 Å². The van der Waals surface area contributed by atoms with Crippen LogP contribution in [0.5, 0.6) is 0 Å². The molecular formula is C22H29FN4O2. The van der Waals surface area contributed by atoms with Gasteiger partial charge in [0.1, 0.15) is 18.2 Å². The molecule has 6 nitrogen and oxygen atoms in total. The maximum absolute atomic E-state index is 13.5. The number of hydrogen-bond donors (Lipinski definition) is 1. The van der Waals surface area contributed by atoms with Crippen LogP contribution in [0.1, 0.15) is 31.2 Å². The lowest BCUT2D eigenvalue weighted by atomic mass is 9.94. The summed E-state index contributed by atoms with van der Waals surface area (Å²) in [6.07, 6.45) is 4.00. The zero-order valence-corrected chi connectivity index (χ0v) is 16.9. The van der Waals surface area contributed by atoms with Gasteiger partial charge in [0.25, 0.3) is 0 Å². The highest BCUT2D eigenvalue weighted by atomic mass is 19.1. The molecule has 0 unspecified atom stereocenters. The predicted octanol–water partition coefficient (Wildman–Crippen LogP) is 2.62. The number of piperazine rings is 1. The van der Waals surface area contributed by atoms with E-state index in [0.717, 1.165) is 61.1 Å². The van der Waals surface area contributed by atoms with Gasteiger partial charge in [-0.05, 0) is 62.4 Å². The molecule has 0 radical (unpaired) electrons. The third-order valence-electron chi connectivity index (χ3n) is 6.08. The van der Waals surface area contributed by atoms with Gasteiger partial charge in [-0.15, -0.1) is 0 Å². The van der Waals surface area contributed by atoms with Crippen molar-refractivity contribution in [2.24, 2.45) is 5.73 Å². The molecule has 0 spiro atoms. The number of aryl methyl sites for hydroxylation is 1. The summed E-state index contributed by atoms with van der Waals surface area (Å²) in [4.78, 5) is 21.3. The third kappa shape index (κ3) is 4.67. The molecule has 1 aliphatic heterocycles. The van der Waals surface area contributed by atoms with Gasteiger partial charge in [-0.25, -0.2) is 9.37 Å². The Morgan fingerprint density at radius 1 is 1.17 bits per heavy atom. The standard InChI is InChI=1S/C22H29FN4O2/c1-15-12-21(25-20-7-2-16(23)13-19(15)20)26-8-10-27(11-9-26)22(28)14-29-18-5-3-17(24)4-6-18/h2,7,12-13,17-18H,3-6,8-11,14,24H2,1H3. The normalized spacial score (nSPS) is 22.9. The summed E-state index contributed by atoms with van der Waals surface area (Å²) in [7, 11) is 0. The number of carbonyl (C=O) groups excluding carboxylic acids is 1. The Labute approximate surface area is 170 Å². The van der Waals surface area contributed by atoms with E-state index >= 15 is 0 Å². The molecule has 1 amide bonds. The average Bonchev–Trinajstić information content (AvgIpc) is 2.73. The van der Waals surface area contributed by atoms with E-state index in [1.807, 2.05) is 17.9 Å². The lowest BCUT2D eigenvalue weighted by Gasteiger charge is -2.36. The summed E-state index contributed by atoms with van der Waals surface area (Å²) >= 11 is 0. The SMILES string of the molecule is Cc1cc(N2CCN(C(=O)COC3CCC(N)CC3)CC2)nc2ccc(F)cc12. The van der Waals surface area contributed by atoms with Crippen LogP contribution in [0.4, 0.5) is 10.2 Å². The van der Waals surface area contributed by atoms with E-state index in [1.54, 1.807) is 6.07 Å². The Kier molecular flexibility index (Phi) is 5.96. The highest BCUT2D eigenvalue weighted by Crippen LogP contribution is 2.24. The number of ether oxygens (including phenoxy) is 1. The average molecular weight is 400 g/mol. The van der Waals surface area contributed by atoms with Gasteiger partial charge in [-0.2, -0.15) is 0 Å². The molecule has 2 aromatic rings. The molecule has 0 atom stereocenters. The second kappa shape index (κ2) is 8.63. The number of carbonyl (C=O) groups is 1. The summed E-state index contributed by atoms with van der Waals surface area (Å²) in [5, 5.41) is 0.836. The molecule has 1 aromatic carbocycles. The Hall–Kier alpha value is -2.25. The first kappa shape index (κ1) is 20.0. The van der Waals surface area contributed by atoms with Gasteiger partial charge in [0.2, 0.25) is 5.91 Å². The first-order valence-electron chi connectivity index (χ1n) is 10.5. The first-order valence-corrected chi connectivity index (χ1v) is 10.5. The zero-order chi connectivity index (χ0) is 20.4. The molecule has 1 saturated heterocycles. The summed E-state index contributed by atoms with van der Waals surface area (Å²) < 4.78 is 19.3. The Morgan fingerprint density at radius 2 is 1.90 bits per heavy atom. The van der Waals surface area contributed by atoms with Crippen LogP contribution in [0, 0.1) is 12.7 Å². The van der Waals surface area contributed by atoms with Crippen molar-refractivity contribution in [3.63, 3.8) is 0 Å². The second-order valence-corrected chi connectivity index (χ2v) is 8.17. The lowest BCUT2D eigenvalue weighted by Crippen LogP contribution is -2.50. The van der Waals surface area contributed by atoms with E-state index < -0.39 is 0 Å². The Bertz CT molecular complexity index is 874. The summed E-state index contributed by atoms with van der Waals surface area (Å²) in [5.41, 5.74) is 7.72. The topological polar surface area (TPSA) is 71.7 Å². The minimum Gasteiger partial charge on any atom is -0.368 e. The van der Waals surface area contributed by atoms with Crippen LogP contribution in [0.15, 0.2) is 24.3 Å². The van der Waals surface area contributed by atoms with Gasteiger partial charge in [0.15, 0.2) is 0 Å². The molecule has 2 heterocycles. The number of nitrogens with two attached hydrogens (primary N) is 1. The van der Waals surface area contributed by atoms with Crippen LogP contribution in [-0.2, 0) is 9.53 Å². The minimum absolute atomic E-state index is 0.0534. The molecule has 156 valence electrons. The van der Waals surface area contributed by atoms with Gasteiger partial charge in [0, 0.05) is 37.6 Å². The van der Waals surface area contributed by atoms with Crippen molar-refractivity contribution in [2.75, 3.05) is 37.7 Å². The number of hydrogen-bond acceptors (Lipinski definition) is 5. The second-order valence-electron chi connectivity index (χ2n) is 8.17. The maximum Gasteiger partial charge on any atom is 0.248 e. The van der Waals surface area contributed by atoms with Gasteiger partial charge in [-0.3, -0.25) is 4.79 Å². The monoisotopic (exact) mass is 400 g/mol. The molecule has 2 aliphatic rings. The fraction of sp³-hybridized carbons (Fsp3) is 0.545. The Balaban J connectivity index is 1.31. The predicted molar refractivity (Wildman–Crippen MR) is 111 cm³/mol. The van der Waals surface area contributed by atoms with Gasteiger partial charge in [0.05, 0.1) is 11.6 Å². The number of halogens is 1. The molecule has 29 heavy (non-hydrogen) atoms. The maximum atomic E-state index is 13.5. The Morgan fingerprint density at radius 3 is 2.62 bits per heavy atom. The first-order chi connectivity index (χ1) is 14.0. The van der Waals surface area contributed by atoms with E-state index in [0.29, 0.717) is 13.1 Å². The fourth-order valence-corrected chi connectivity index (χ4v) is 4.23. The van der Waals surface area contributed by atoms with Crippen LogP contribution in [-0.4, -0.2) is 60.7 Å². The highest BCUT2D eigenvalue weighted by Gasteiger charge is 2.24. The number of aromatic nitrogens is 1. The van der Waals surface area contributed by atoms with Crippen molar-refractivity contribution in [3.8, 4) is 0 Å². The summed E-state index contributed by atoms with van der Waals surface area (Å²) in [6, 6.07) is 6.96. The van der Waals surface area contributed by atoms with Crippen LogP contribution in [0.2, 0.25) is 0 Å². The van der Waals surface area contributed by atoms with Gasteiger partial charge < -0.3 is 20.3 Å². The fourth-order valence-electron chi connectivity index (χ4n) is 4.23. The number of benzene rings is 1. The minimum atomic E-state index is -0.249. The molecular weight excluding hydrogens is 371 g/mol. The van der Waals surface area contributed by atoms with Crippen LogP contribution < -0.4 is 10.6 Å². The van der Waals surface area contributed by atoms with Crippen molar-refractivity contribution >= 4 is 22.6 Å². The molecule has 1 aromatic heterocycles. The number of amides is 1. The number of fused-ring (bicyclic) bond motifs is 1. The third-order valence-corrected chi connectivity index (χ3v) is 6.08. The lowest BCUT2D eigenvalue weighted by molar-refractivity contribution is -0.139.